The molecule has 2 aromatic carbocycles. The number of hydrogen-bond acceptors (Lipinski definition) is 7. The van der Waals surface area contributed by atoms with E-state index in [9.17, 15) is 27.9 Å². The van der Waals surface area contributed by atoms with Crippen molar-refractivity contribution in [3.63, 3.8) is 0 Å². The van der Waals surface area contributed by atoms with Gasteiger partial charge in [0, 0.05) is 24.1 Å². The fourth-order valence-corrected chi connectivity index (χ4v) is 3.76. The van der Waals surface area contributed by atoms with Gasteiger partial charge in [0.1, 0.15) is 11.5 Å². The number of carbonyl (C=O) groups excluding carboxylic acids is 1. The normalized spacial score (nSPS) is 12.1. The van der Waals surface area contributed by atoms with Crippen molar-refractivity contribution in [3.05, 3.63) is 75.3 Å². The van der Waals surface area contributed by atoms with Gasteiger partial charge < -0.3 is 29.1 Å². The Morgan fingerprint density at radius 2 is 1.61 bits per heavy atom. The first-order valence-electron chi connectivity index (χ1n) is 10.6. The summed E-state index contributed by atoms with van der Waals surface area (Å²) < 4.78 is 59.7. The maximum atomic E-state index is 12.9. The predicted octanol–water partition coefficient (Wildman–Crippen LogP) is 4.86. The number of alkyl halides is 3. The summed E-state index contributed by atoms with van der Waals surface area (Å²) in [5.41, 5.74) is -1.42. The number of methoxy groups -OCH3 is 3. The molecule has 1 heterocycles. The molecular formula is C25H24F3NO7. The van der Waals surface area contributed by atoms with Crippen LogP contribution < -0.4 is 25.2 Å². The lowest BCUT2D eigenvalue weighted by atomic mass is 9.88. The summed E-state index contributed by atoms with van der Waals surface area (Å²) in [7, 11) is 4.20. The van der Waals surface area contributed by atoms with Crippen molar-refractivity contribution in [3.8, 4) is 23.0 Å². The summed E-state index contributed by atoms with van der Waals surface area (Å²) >= 11 is 0. The fraction of sp³-hybridized carbons (Fsp3) is 0.280. The molecule has 3 aromatic rings. The minimum absolute atomic E-state index is 0.122. The number of nitrogens with one attached hydrogen (secondary N) is 1. The smallest absolute Gasteiger partial charge is 0.416 e. The van der Waals surface area contributed by atoms with E-state index in [1.54, 1.807) is 0 Å². The van der Waals surface area contributed by atoms with Crippen molar-refractivity contribution in [1.82, 2.24) is 0 Å². The van der Waals surface area contributed by atoms with Crippen molar-refractivity contribution >= 4 is 11.6 Å². The first kappa shape index (κ1) is 26.5. The number of rotatable bonds is 8. The summed E-state index contributed by atoms with van der Waals surface area (Å²) in [6, 6.07) is 8.21. The number of carbonyl (C=O) groups is 1. The maximum absolute atomic E-state index is 12.9. The Balaban J connectivity index is 2.04. The molecule has 1 amide bonds. The van der Waals surface area contributed by atoms with E-state index in [1.165, 1.54) is 46.5 Å². The van der Waals surface area contributed by atoms with Crippen LogP contribution in [0.5, 0.6) is 23.0 Å². The van der Waals surface area contributed by atoms with Crippen LogP contribution in [0.2, 0.25) is 0 Å². The van der Waals surface area contributed by atoms with Crippen LogP contribution in [0.1, 0.15) is 34.8 Å². The van der Waals surface area contributed by atoms with E-state index in [1.807, 2.05) is 0 Å². The average molecular weight is 507 g/mol. The van der Waals surface area contributed by atoms with E-state index in [0.29, 0.717) is 5.56 Å². The van der Waals surface area contributed by atoms with Gasteiger partial charge in [-0.2, -0.15) is 13.2 Å². The molecule has 0 aliphatic carbocycles. The molecule has 2 N–H and O–H groups in total. The van der Waals surface area contributed by atoms with Gasteiger partial charge in [0.05, 0.1) is 32.5 Å². The number of halogens is 3. The van der Waals surface area contributed by atoms with Gasteiger partial charge in [-0.15, -0.1) is 0 Å². The highest BCUT2D eigenvalue weighted by Crippen LogP contribution is 2.43. The van der Waals surface area contributed by atoms with Gasteiger partial charge >= 0.3 is 11.8 Å². The summed E-state index contributed by atoms with van der Waals surface area (Å²) in [5, 5.41) is 13.1. The molecule has 0 bridgehead atoms. The second kappa shape index (κ2) is 10.6. The summed E-state index contributed by atoms with van der Waals surface area (Å²) in [6.07, 6.45) is -4.89. The molecule has 0 fully saturated rings. The largest absolute Gasteiger partial charge is 0.507 e. The molecule has 0 spiro atoms. The Morgan fingerprint density at radius 3 is 2.08 bits per heavy atom. The fourth-order valence-electron chi connectivity index (χ4n) is 3.76. The van der Waals surface area contributed by atoms with E-state index in [-0.39, 0.29) is 46.4 Å². The highest BCUT2D eigenvalue weighted by Gasteiger charge is 2.31. The van der Waals surface area contributed by atoms with Crippen LogP contribution in [0.3, 0.4) is 0 Å². The monoisotopic (exact) mass is 507 g/mol. The van der Waals surface area contributed by atoms with Crippen LogP contribution >= 0.6 is 0 Å². The van der Waals surface area contributed by atoms with Gasteiger partial charge in [-0.1, -0.05) is 0 Å². The minimum atomic E-state index is -4.52. The third kappa shape index (κ3) is 5.73. The van der Waals surface area contributed by atoms with Crippen LogP contribution in [-0.2, 0) is 11.0 Å². The molecule has 8 nitrogen and oxygen atoms in total. The standard InChI is InChI=1S/C25H24F3NO7/c1-13-9-18(30)22(24(32)36-13)17(14-10-19(33-2)23(35-4)20(11-14)34-3)12-21(31)29-16-7-5-15(6-8-16)25(26,27)28/h5-11,17,30H,12H2,1-4H3,(H,29,31)/t17-/m1/s1. The number of hydrogen-bond donors (Lipinski definition) is 2. The van der Waals surface area contributed by atoms with Crippen LogP contribution in [-0.4, -0.2) is 32.3 Å². The Morgan fingerprint density at radius 1 is 1.03 bits per heavy atom. The first-order valence-corrected chi connectivity index (χ1v) is 10.6. The zero-order chi connectivity index (χ0) is 26.6. The molecule has 0 aliphatic rings. The Kier molecular flexibility index (Phi) is 7.81. The molecule has 0 unspecified atom stereocenters. The van der Waals surface area contributed by atoms with E-state index in [2.05, 4.69) is 5.32 Å². The number of benzene rings is 2. The molecule has 0 radical (unpaired) electrons. The van der Waals surface area contributed by atoms with Crippen LogP contribution in [0.15, 0.2) is 51.7 Å². The maximum Gasteiger partial charge on any atom is 0.416 e. The summed E-state index contributed by atoms with van der Waals surface area (Å²) in [6.45, 7) is 1.48. The van der Waals surface area contributed by atoms with Crippen molar-refractivity contribution in [2.24, 2.45) is 0 Å². The molecule has 1 atom stereocenters. The second-order valence-corrected chi connectivity index (χ2v) is 7.78. The number of aromatic hydroxyl groups is 1. The molecule has 0 saturated heterocycles. The molecule has 0 aliphatic heterocycles. The highest BCUT2D eigenvalue weighted by atomic mass is 19.4. The number of ether oxygens (including phenoxy) is 3. The van der Waals surface area contributed by atoms with Crippen LogP contribution in [0, 0.1) is 6.92 Å². The number of aryl methyl sites for hydroxylation is 1. The van der Waals surface area contributed by atoms with Crippen molar-refractivity contribution < 1.29 is 41.7 Å². The molecule has 3 rings (SSSR count). The van der Waals surface area contributed by atoms with Crippen molar-refractivity contribution in [2.45, 2.75) is 25.4 Å². The van der Waals surface area contributed by atoms with Gasteiger partial charge in [0.15, 0.2) is 11.5 Å². The third-order valence-corrected chi connectivity index (χ3v) is 5.41. The molecule has 36 heavy (non-hydrogen) atoms. The van der Waals surface area contributed by atoms with Crippen LogP contribution in [0.25, 0.3) is 0 Å². The Hall–Kier alpha value is -4.15. The van der Waals surface area contributed by atoms with Crippen molar-refractivity contribution in [2.75, 3.05) is 26.6 Å². The topological polar surface area (TPSA) is 107 Å². The van der Waals surface area contributed by atoms with Crippen LogP contribution in [0.4, 0.5) is 18.9 Å². The van der Waals surface area contributed by atoms with E-state index < -0.39 is 29.2 Å². The van der Waals surface area contributed by atoms with Crippen molar-refractivity contribution in [1.29, 1.82) is 0 Å². The quantitative estimate of drug-likeness (QED) is 0.449. The Bertz CT molecular complexity index is 1280. The molecule has 1 aromatic heterocycles. The van der Waals surface area contributed by atoms with Gasteiger partial charge in [-0.3, -0.25) is 4.79 Å². The predicted molar refractivity (Wildman–Crippen MR) is 124 cm³/mol. The van der Waals surface area contributed by atoms with Gasteiger partial charge in [-0.05, 0) is 48.9 Å². The molecule has 11 heteroatoms. The minimum Gasteiger partial charge on any atom is -0.507 e. The lowest BCUT2D eigenvalue weighted by molar-refractivity contribution is -0.137. The Labute approximate surface area is 204 Å². The van der Waals surface area contributed by atoms with E-state index in [0.717, 1.165) is 24.3 Å². The van der Waals surface area contributed by atoms with E-state index in [4.69, 9.17) is 18.6 Å². The third-order valence-electron chi connectivity index (χ3n) is 5.41. The summed E-state index contributed by atoms with van der Waals surface area (Å²) in [5.74, 6) is -1.12. The van der Waals surface area contributed by atoms with Gasteiger partial charge in [0.2, 0.25) is 11.7 Å². The SMILES string of the molecule is COc1cc([C@@H](CC(=O)Nc2ccc(C(F)(F)F)cc2)c2c(O)cc(C)oc2=O)cc(OC)c1OC. The second-order valence-electron chi connectivity index (χ2n) is 7.78. The van der Waals surface area contributed by atoms with Gasteiger partial charge in [-0.25, -0.2) is 4.79 Å². The number of amides is 1. The lowest BCUT2D eigenvalue weighted by Crippen LogP contribution is -2.21. The summed E-state index contributed by atoms with van der Waals surface area (Å²) in [4.78, 5) is 25.7. The zero-order valence-corrected chi connectivity index (χ0v) is 19.9. The zero-order valence-electron chi connectivity index (χ0n) is 19.9. The first-order chi connectivity index (χ1) is 17.0. The lowest BCUT2D eigenvalue weighted by Gasteiger charge is -2.21. The number of anilines is 1. The molecule has 0 saturated carbocycles. The molecule has 192 valence electrons. The average Bonchev–Trinajstić information content (AvgIpc) is 2.81. The van der Waals surface area contributed by atoms with E-state index >= 15 is 0 Å². The molecular weight excluding hydrogens is 483 g/mol. The highest BCUT2D eigenvalue weighted by molar-refractivity contribution is 5.91. The van der Waals surface area contributed by atoms with Gasteiger partial charge in [0.25, 0.3) is 0 Å².